The second-order valence-corrected chi connectivity index (χ2v) is 7.70. The first-order chi connectivity index (χ1) is 16.0. The minimum Gasteiger partial charge on any atom is -0.507 e. The molecule has 0 bridgehead atoms. The molecular formula is C25H31N3O5. The fraction of sp³-hybridized carbons (Fsp3) is 0.400. The molecule has 1 aliphatic rings. The van der Waals surface area contributed by atoms with E-state index < -0.39 is 17.7 Å². The summed E-state index contributed by atoms with van der Waals surface area (Å²) in [6.45, 7) is 7.20. The molecule has 0 saturated carbocycles. The van der Waals surface area contributed by atoms with Crippen molar-refractivity contribution in [2.45, 2.75) is 26.3 Å². The van der Waals surface area contributed by atoms with Crippen molar-refractivity contribution in [2.24, 2.45) is 0 Å². The Labute approximate surface area is 194 Å². The van der Waals surface area contributed by atoms with Crippen LogP contribution in [0.2, 0.25) is 0 Å². The maximum Gasteiger partial charge on any atom is 0.295 e. The molecule has 1 aromatic heterocycles. The van der Waals surface area contributed by atoms with Gasteiger partial charge in [0.05, 0.1) is 25.5 Å². The molecule has 0 aliphatic carbocycles. The summed E-state index contributed by atoms with van der Waals surface area (Å²) in [5, 5.41) is 11.2. The van der Waals surface area contributed by atoms with E-state index in [1.165, 1.54) is 19.1 Å². The summed E-state index contributed by atoms with van der Waals surface area (Å²) in [7, 11) is 3.01. The molecule has 0 spiro atoms. The first-order valence-electron chi connectivity index (χ1n) is 11.1. The highest BCUT2D eigenvalue weighted by Gasteiger charge is 2.46. The summed E-state index contributed by atoms with van der Waals surface area (Å²) in [5.41, 5.74) is 0.907. The zero-order valence-electron chi connectivity index (χ0n) is 19.6. The molecule has 0 radical (unpaired) electrons. The average molecular weight is 454 g/mol. The van der Waals surface area contributed by atoms with Crippen LogP contribution in [0.5, 0.6) is 11.5 Å². The van der Waals surface area contributed by atoms with E-state index in [4.69, 9.17) is 9.47 Å². The minimum atomic E-state index is -0.768. The number of likely N-dealkylation sites (tertiary alicyclic amines) is 1. The van der Waals surface area contributed by atoms with Crippen LogP contribution >= 0.6 is 0 Å². The van der Waals surface area contributed by atoms with Gasteiger partial charge in [-0.05, 0) is 56.4 Å². The Morgan fingerprint density at radius 2 is 1.82 bits per heavy atom. The van der Waals surface area contributed by atoms with Gasteiger partial charge in [-0.2, -0.15) is 0 Å². The van der Waals surface area contributed by atoms with Crippen molar-refractivity contribution >= 4 is 17.4 Å². The lowest BCUT2D eigenvalue weighted by molar-refractivity contribution is -0.140. The van der Waals surface area contributed by atoms with Gasteiger partial charge in [-0.25, -0.2) is 0 Å². The molecule has 3 rings (SSSR count). The lowest BCUT2D eigenvalue weighted by Gasteiger charge is -2.26. The van der Waals surface area contributed by atoms with Gasteiger partial charge in [0.2, 0.25) is 0 Å². The van der Waals surface area contributed by atoms with E-state index in [2.05, 4.69) is 23.7 Å². The third kappa shape index (κ3) is 5.01. The van der Waals surface area contributed by atoms with Gasteiger partial charge < -0.3 is 24.4 Å². The summed E-state index contributed by atoms with van der Waals surface area (Å²) in [4.78, 5) is 34.3. The van der Waals surface area contributed by atoms with Crippen molar-refractivity contribution < 1.29 is 24.2 Å². The van der Waals surface area contributed by atoms with E-state index in [0.29, 0.717) is 35.7 Å². The van der Waals surface area contributed by atoms with Gasteiger partial charge in [0, 0.05) is 18.3 Å². The van der Waals surface area contributed by atoms with Crippen LogP contribution in [0.1, 0.15) is 37.6 Å². The largest absolute Gasteiger partial charge is 0.507 e. The Hall–Kier alpha value is -3.39. The van der Waals surface area contributed by atoms with Crippen LogP contribution in [0.4, 0.5) is 0 Å². The molecule has 1 aliphatic heterocycles. The van der Waals surface area contributed by atoms with E-state index in [-0.39, 0.29) is 11.3 Å². The molecule has 1 saturated heterocycles. The molecule has 176 valence electrons. The number of methoxy groups -OCH3 is 2. The highest BCUT2D eigenvalue weighted by atomic mass is 16.5. The quantitative estimate of drug-likeness (QED) is 0.335. The highest BCUT2D eigenvalue weighted by molar-refractivity contribution is 6.46. The lowest BCUT2D eigenvalue weighted by atomic mass is 9.98. The molecule has 1 atom stereocenters. The van der Waals surface area contributed by atoms with Crippen LogP contribution in [0.25, 0.3) is 5.76 Å². The molecule has 1 fully saturated rings. The summed E-state index contributed by atoms with van der Waals surface area (Å²) in [6.07, 6.45) is 2.32. The number of aromatic nitrogens is 1. The number of pyridine rings is 1. The number of aliphatic hydroxyl groups is 1. The third-order valence-electron chi connectivity index (χ3n) is 5.93. The van der Waals surface area contributed by atoms with Gasteiger partial charge in [0.15, 0.2) is 11.5 Å². The number of ether oxygens (including phenoxy) is 2. The van der Waals surface area contributed by atoms with Crippen LogP contribution in [0.3, 0.4) is 0 Å². The Kier molecular flexibility index (Phi) is 8.06. The minimum absolute atomic E-state index is 0.0220. The number of nitrogens with zero attached hydrogens (tertiary/aromatic N) is 3. The smallest absolute Gasteiger partial charge is 0.295 e. The number of hydrogen-bond acceptors (Lipinski definition) is 7. The summed E-state index contributed by atoms with van der Waals surface area (Å²) < 4.78 is 10.6. The molecule has 2 aromatic rings. The zero-order chi connectivity index (χ0) is 24.0. The van der Waals surface area contributed by atoms with Crippen molar-refractivity contribution in [3.63, 3.8) is 0 Å². The van der Waals surface area contributed by atoms with Crippen LogP contribution in [-0.4, -0.2) is 72.0 Å². The summed E-state index contributed by atoms with van der Waals surface area (Å²) >= 11 is 0. The first-order valence-corrected chi connectivity index (χ1v) is 11.1. The standard InChI is InChI=1S/C25H31N3O5/c1-5-27(6-2)14-9-15-28-22(18-10-7-8-13-26-18)21(24(30)25(28)31)23(29)17-11-12-19(32-3)20(16-17)33-4/h7-8,10-13,16,22,29H,5-6,9,14-15H2,1-4H3/b23-21+/t22-/m1/s1. The van der Waals surface area contributed by atoms with E-state index >= 15 is 0 Å². The average Bonchev–Trinajstić information content (AvgIpc) is 3.11. The molecule has 1 aromatic carbocycles. The number of benzene rings is 1. The number of hydrogen-bond donors (Lipinski definition) is 1. The molecule has 2 heterocycles. The van der Waals surface area contributed by atoms with Gasteiger partial charge in [0.25, 0.3) is 11.7 Å². The number of amides is 1. The fourth-order valence-electron chi connectivity index (χ4n) is 4.10. The van der Waals surface area contributed by atoms with Crippen molar-refractivity contribution in [3.05, 3.63) is 59.4 Å². The van der Waals surface area contributed by atoms with Crippen molar-refractivity contribution in [3.8, 4) is 11.5 Å². The summed E-state index contributed by atoms with van der Waals surface area (Å²) in [6, 6.07) is 9.41. The fourth-order valence-corrected chi connectivity index (χ4v) is 4.10. The Bertz CT molecular complexity index is 1020. The van der Waals surface area contributed by atoms with E-state index in [1.54, 1.807) is 42.6 Å². The molecule has 33 heavy (non-hydrogen) atoms. The molecule has 0 unspecified atom stereocenters. The van der Waals surface area contributed by atoms with E-state index in [1.807, 2.05) is 0 Å². The van der Waals surface area contributed by atoms with Crippen molar-refractivity contribution in [1.82, 2.24) is 14.8 Å². The molecule has 8 nitrogen and oxygen atoms in total. The lowest BCUT2D eigenvalue weighted by Crippen LogP contribution is -2.33. The maximum absolute atomic E-state index is 13.1. The Morgan fingerprint density at radius 1 is 1.09 bits per heavy atom. The molecular weight excluding hydrogens is 422 g/mol. The topological polar surface area (TPSA) is 92.2 Å². The molecule has 8 heteroatoms. The van der Waals surface area contributed by atoms with Crippen molar-refractivity contribution in [2.75, 3.05) is 40.4 Å². The van der Waals surface area contributed by atoms with Gasteiger partial charge >= 0.3 is 0 Å². The zero-order valence-corrected chi connectivity index (χ0v) is 19.6. The van der Waals surface area contributed by atoms with E-state index in [9.17, 15) is 14.7 Å². The van der Waals surface area contributed by atoms with Crippen LogP contribution in [0, 0.1) is 0 Å². The number of rotatable bonds is 10. The Balaban J connectivity index is 2.03. The molecule has 1 amide bonds. The van der Waals surface area contributed by atoms with Crippen LogP contribution in [0.15, 0.2) is 48.2 Å². The second kappa shape index (κ2) is 11.0. The van der Waals surface area contributed by atoms with Gasteiger partial charge in [0.1, 0.15) is 11.8 Å². The number of Topliss-reactive ketones (excluding diaryl/α,β-unsaturated/α-hetero) is 1. The van der Waals surface area contributed by atoms with E-state index in [0.717, 1.165) is 19.6 Å². The summed E-state index contributed by atoms with van der Waals surface area (Å²) in [5.74, 6) is -0.722. The maximum atomic E-state index is 13.1. The Morgan fingerprint density at radius 3 is 2.42 bits per heavy atom. The first kappa shape index (κ1) is 24.3. The van der Waals surface area contributed by atoms with Gasteiger partial charge in [-0.15, -0.1) is 0 Å². The number of ketones is 1. The van der Waals surface area contributed by atoms with Crippen LogP contribution in [-0.2, 0) is 9.59 Å². The van der Waals surface area contributed by atoms with Crippen molar-refractivity contribution in [1.29, 1.82) is 0 Å². The monoisotopic (exact) mass is 453 g/mol. The second-order valence-electron chi connectivity index (χ2n) is 7.70. The molecule has 1 N–H and O–H groups in total. The van der Waals surface area contributed by atoms with Crippen LogP contribution < -0.4 is 9.47 Å². The number of carbonyl (C=O) groups excluding carboxylic acids is 2. The van der Waals surface area contributed by atoms with Gasteiger partial charge in [-0.1, -0.05) is 19.9 Å². The number of aliphatic hydroxyl groups excluding tert-OH is 1. The number of carbonyl (C=O) groups is 2. The third-order valence-corrected chi connectivity index (χ3v) is 5.93. The highest BCUT2D eigenvalue weighted by Crippen LogP contribution is 2.40. The normalized spacial score (nSPS) is 17.6. The van der Waals surface area contributed by atoms with Gasteiger partial charge in [-0.3, -0.25) is 14.6 Å². The predicted molar refractivity (Wildman–Crippen MR) is 125 cm³/mol. The predicted octanol–water partition coefficient (Wildman–Crippen LogP) is 3.25. The SMILES string of the molecule is CCN(CC)CCCN1C(=O)C(=O)/C(=C(/O)c2ccc(OC)c(OC)c2)[C@H]1c1ccccn1.